The number of rotatable bonds is 18. The topological polar surface area (TPSA) is 233 Å². The maximum atomic E-state index is 13.4. The smallest absolute Gasteiger partial charge is 0.244 e. The van der Waals surface area contributed by atoms with E-state index in [1.165, 1.54) is 18.4 Å². The highest BCUT2D eigenvalue weighted by Gasteiger charge is 2.34. The molecule has 1 heterocycles. The van der Waals surface area contributed by atoms with E-state index in [9.17, 15) is 32.4 Å². The number of primary amides is 1. The Morgan fingerprint density at radius 1 is 1.02 bits per heavy atom. The van der Waals surface area contributed by atoms with Crippen molar-refractivity contribution in [1.82, 2.24) is 21.3 Å². The highest BCUT2D eigenvalue weighted by atomic mass is 32.2. The lowest BCUT2D eigenvalue weighted by atomic mass is 10.1. The predicted molar refractivity (Wildman–Crippen MR) is 149 cm³/mol. The van der Waals surface area contributed by atoms with Gasteiger partial charge in [-0.3, -0.25) is 24.0 Å². The van der Waals surface area contributed by atoms with Crippen LogP contribution < -0.4 is 32.7 Å². The van der Waals surface area contributed by atoms with Crippen LogP contribution in [0.15, 0.2) is 35.0 Å². The molecule has 0 aliphatic heterocycles. The maximum absolute atomic E-state index is 13.4. The lowest BCUT2D eigenvalue weighted by Crippen LogP contribution is -2.57. The summed E-state index contributed by atoms with van der Waals surface area (Å²) in [6, 6.07) is -1.17. The Hall–Kier alpha value is -3.72. The third kappa shape index (κ3) is 13.0. The number of furan rings is 1. The van der Waals surface area contributed by atoms with Crippen molar-refractivity contribution in [2.24, 2.45) is 17.4 Å². The average Bonchev–Trinajstić information content (AvgIpc) is 3.56. The second-order valence-electron chi connectivity index (χ2n) is 10.2. The summed E-state index contributed by atoms with van der Waals surface area (Å²) < 4.78 is 28.9. The van der Waals surface area contributed by atoms with Gasteiger partial charge in [-0.15, -0.1) is 0 Å². The number of nitrogens with one attached hydrogen (secondary N) is 4. The van der Waals surface area contributed by atoms with Gasteiger partial charge in [-0.05, 0) is 50.3 Å². The Bertz CT molecular complexity index is 1200. The van der Waals surface area contributed by atoms with Crippen molar-refractivity contribution >= 4 is 39.4 Å². The zero-order valence-corrected chi connectivity index (χ0v) is 24.1. The molecule has 1 aromatic rings. The van der Waals surface area contributed by atoms with Gasteiger partial charge < -0.3 is 37.2 Å². The minimum absolute atomic E-state index is 0.0340. The van der Waals surface area contributed by atoms with Gasteiger partial charge in [-0.1, -0.05) is 18.9 Å². The van der Waals surface area contributed by atoms with Crippen molar-refractivity contribution in [2.45, 2.75) is 69.6 Å². The molecule has 1 aliphatic carbocycles. The minimum atomic E-state index is -3.49. The summed E-state index contributed by atoms with van der Waals surface area (Å²) in [4.78, 5) is 62.9. The second kappa shape index (κ2) is 15.9. The molecule has 1 aliphatic rings. The fourth-order valence-corrected chi connectivity index (χ4v) is 4.55. The fraction of sp³-hybridized carbons (Fsp3) is 0.577. The number of carbonyl (C=O) groups is 5. The van der Waals surface area contributed by atoms with Gasteiger partial charge in [0, 0.05) is 19.2 Å². The maximum Gasteiger partial charge on any atom is 0.244 e. The molecule has 1 aromatic heterocycles. The van der Waals surface area contributed by atoms with Crippen molar-refractivity contribution in [3.05, 3.63) is 36.3 Å². The summed E-state index contributed by atoms with van der Waals surface area (Å²) in [6.45, 7) is 1.62. The third-order valence-electron chi connectivity index (χ3n) is 6.37. The van der Waals surface area contributed by atoms with Crippen LogP contribution in [0, 0.1) is 5.92 Å². The average molecular weight is 597 g/mol. The summed E-state index contributed by atoms with van der Waals surface area (Å²) >= 11 is 0. The molecule has 0 radical (unpaired) electrons. The van der Waals surface area contributed by atoms with Crippen LogP contribution in [-0.4, -0.2) is 80.7 Å². The Labute approximate surface area is 239 Å². The summed E-state index contributed by atoms with van der Waals surface area (Å²) in [6.07, 6.45) is 7.21. The first kappa shape index (κ1) is 33.5. The van der Waals surface area contributed by atoms with Crippen LogP contribution in [0.2, 0.25) is 0 Å². The summed E-state index contributed by atoms with van der Waals surface area (Å²) in [5, 5.41) is 10.4. The van der Waals surface area contributed by atoms with Crippen LogP contribution in [0.5, 0.6) is 0 Å². The standard InChI is InChI=1S/C26H40N6O8S/c1-3-5-22(33)30-20(14-16-7-8-16)25(36)32-21(15-17-6-4-12-40-17)26(37)31-19(10-13-41(2,38)39)24(35)29-11-9-18(27)23(28)34/h3-6,12,16,18-21H,7-11,13-15,27H2,1-2H3,(H2,28,34)(H,29,35)(H,30,33)(H,31,37)(H,32,36)/t18-,19-,20-,21-/m0/s1. The number of sulfone groups is 1. The first-order valence-corrected chi connectivity index (χ1v) is 15.4. The van der Waals surface area contributed by atoms with E-state index in [0.717, 1.165) is 19.1 Å². The molecule has 1 fully saturated rings. The van der Waals surface area contributed by atoms with E-state index in [1.807, 2.05) is 0 Å². The minimum Gasteiger partial charge on any atom is -0.469 e. The zero-order valence-electron chi connectivity index (χ0n) is 23.3. The first-order chi connectivity index (χ1) is 19.3. The molecule has 14 nitrogen and oxygen atoms in total. The molecule has 0 saturated heterocycles. The Balaban J connectivity index is 2.19. The Kier molecular flexibility index (Phi) is 13.0. The summed E-state index contributed by atoms with van der Waals surface area (Å²) in [7, 11) is -3.49. The van der Waals surface area contributed by atoms with Crippen molar-refractivity contribution in [3.63, 3.8) is 0 Å². The zero-order chi connectivity index (χ0) is 30.6. The predicted octanol–water partition coefficient (Wildman–Crippen LogP) is -1.59. The molecular formula is C26H40N6O8S. The van der Waals surface area contributed by atoms with E-state index in [4.69, 9.17) is 15.9 Å². The normalized spacial score (nSPS) is 16.3. The molecular weight excluding hydrogens is 556 g/mol. The number of allylic oxidation sites excluding steroid dienone is 1. The SMILES string of the molecule is CC=CC(=O)N[C@@H](CC1CC1)C(=O)N[C@@H](Cc1ccco1)C(=O)N[C@@H](CCS(C)(=O)=O)C(=O)NCC[C@H](N)C(N)=O. The molecule has 41 heavy (non-hydrogen) atoms. The molecule has 15 heteroatoms. The molecule has 8 N–H and O–H groups in total. The van der Waals surface area contributed by atoms with Crippen LogP contribution in [0.4, 0.5) is 0 Å². The van der Waals surface area contributed by atoms with Crippen LogP contribution >= 0.6 is 0 Å². The van der Waals surface area contributed by atoms with E-state index >= 15 is 0 Å². The van der Waals surface area contributed by atoms with E-state index < -0.39 is 69.3 Å². The molecule has 4 atom stereocenters. The van der Waals surface area contributed by atoms with E-state index in [1.54, 1.807) is 19.1 Å². The van der Waals surface area contributed by atoms with Gasteiger partial charge in [0.2, 0.25) is 29.5 Å². The van der Waals surface area contributed by atoms with Gasteiger partial charge in [-0.2, -0.15) is 0 Å². The van der Waals surface area contributed by atoms with Crippen molar-refractivity contribution < 1.29 is 36.8 Å². The quantitative estimate of drug-likeness (QED) is 0.107. The number of amides is 5. The highest BCUT2D eigenvalue weighted by molar-refractivity contribution is 7.90. The van der Waals surface area contributed by atoms with Crippen molar-refractivity contribution in [3.8, 4) is 0 Å². The number of nitrogens with two attached hydrogens (primary N) is 2. The molecule has 228 valence electrons. The number of carbonyl (C=O) groups excluding carboxylic acids is 5. The molecule has 5 amide bonds. The van der Waals surface area contributed by atoms with Gasteiger partial charge in [0.15, 0.2) is 0 Å². The van der Waals surface area contributed by atoms with Gasteiger partial charge in [0.05, 0.1) is 18.1 Å². The molecule has 0 bridgehead atoms. The molecule has 0 unspecified atom stereocenters. The third-order valence-corrected chi connectivity index (χ3v) is 7.34. The lowest BCUT2D eigenvalue weighted by Gasteiger charge is -2.25. The van der Waals surface area contributed by atoms with E-state index in [-0.39, 0.29) is 31.7 Å². The summed E-state index contributed by atoms with van der Waals surface area (Å²) in [5.41, 5.74) is 10.7. The van der Waals surface area contributed by atoms with Gasteiger partial charge in [-0.25, -0.2) is 8.42 Å². The first-order valence-electron chi connectivity index (χ1n) is 13.4. The molecule has 0 aromatic carbocycles. The van der Waals surface area contributed by atoms with Crippen molar-refractivity contribution in [2.75, 3.05) is 18.6 Å². The summed E-state index contributed by atoms with van der Waals surface area (Å²) in [5.74, 6) is -3.00. The van der Waals surface area contributed by atoms with Crippen molar-refractivity contribution in [1.29, 1.82) is 0 Å². The Morgan fingerprint density at radius 2 is 1.68 bits per heavy atom. The largest absolute Gasteiger partial charge is 0.469 e. The van der Waals surface area contributed by atoms with Gasteiger partial charge in [0.1, 0.15) is 33.7 Å². The second-order valence-corrected chi connectivity index (χ2v) is 12.4. The van der Waals surface area contributed by atoms with Crippen LogP contribution in [-0.2, 0) is 40.2 Å². The van der Waals surface area contributed by atoms with Crippen LogP contribution in [0.25, 0.3) is 0 Å². The fourth-order valence-electron chi connectivity index (χ4n) is 3.89. The van der Waals surface area contributed by atoms with Gasteiger partial charge >= 0.3 is 0 Å². The monoisotopic (exact) mass is 596 g/mol. The highest BCUT2D eigenvalue weighted by Crippen LogP contribution is 2.33. The van der Waals surface area contributed by atoms with Gasteiger partial charge in [0.25, 0.3) is 0 Å². The van der Waals surface area contributed by atoms with Crippen LogP contribution in [0.1, 0.15) is 44.8 Å². The molecule has 0 spiro atoms. The number of hydrogen-bond acceptors (Lipinski definition) is 9. The van der Waals surface area contributed by atoms with E-state index in [0.29, 0.717) is 12.2 Å². The molecule has 1 saturated carbocycles. The number of hydrogen-bond donors (Lipinski definition) is 6. The van der Waals surface area contributed by atoms with Crippen LogP contribution in [0.3, 0.4) is 0 Å². The lowest BCUT2D eigenvalue weighted by molar-refractivity contribution is -0.133. The Morgan fingerprint density at radius 3 is 2.24 bits per heavy atom. The van der Waals surface area contributed by atoms with E-state index in [2.05, 4.69) is 21.3 Å². The molecule has 2 rings (SSSR count).